The van der Waals surface area contributed by atoms with Gasteiger partial charge in [0.2, 0.25) is 17.7 Å². The monoisotopic (exact) mass is 513 g/mol. The summed E-state index contributed by atoms with van der Waals surface area (Å²) in [6, 6.07) is 3.31. The van der Waals surface area contributed by atoms with Crippen molar-refractivity contribution >= 4 is 57.3 Å². The van der Waals surface area contributed by atoms with Gasteiger partial charge < -0.3 is 10.1 Å². The van der Waals surface area contributed by atoms with E-state index in [9.17, 15) is 19.2 Å². The number of fused-ring (bicyclic) bond motifs is 7. The van der Waals surface area contributed by atoms with Gasteiger partial charge in [0.15, 0.2) is 0 Å². The van der Waals surface area contributed by atoms with E-state index in [1.54, 1.807) is 19.1 Å². The van der Waals surface area contributed by atoms with Crippen LogP contribution in [-0.4, -0.2) is 48.3 Å². The maximum atomic E-state index is 14.2. The van der Waals surface area contributed by atoms with Crippen molar-refractivity contribution < 1.29 is 23.9 Å². The van der Waals surface area contributed by atoms with Crippen molar-refractivity contribution in [3.05, 3.63) is 44.3 Å². The quantitative estimate of drug-likeness (QED) is 0.487. The second kappa shape index (κ2) is 7.38. The normalized spacial score (nSPS) is 29.1. The molecule has 0 aliphatic carbocycles. The van der Waals surface area contributed by atoms with Crippen LogP contribution in [0.3, 0.4) is 0 Å². The third-order valence-electron chi connectivity index (χ3n) is 8.32. The zero-order chi connectivity index (χ0) is 25.0. The molecule has 6 rings (SSSR count). The third kappa shape index (κ3) is 2.56. The molecule has 8 nitrogen and oxygen atoms in total. The summed E-state index contributed by atoms with van der Waals surface area (Å²) in [4.78, 5) is 58.7. The molecule has 4 unspecified atom stereocenters. The molecule has 1 aromatic heterocycles. The van der Waals surface area contributed by atoms with Gasteiger partial charge in [-0.2, -0.15) is 0 Å². The summed E-state index contributed by atoms with van der Waals surface area (Å²) in [7, 11) is 1.28. The fraction of sp³-hybridized carbons (Fsp3) is 0.440. The molecule has 5 heterocycles. The van der Waals surface area contributed by atoms with Gasteiger partial charge in [-0.3, -0.25) is 19.3 Å². The van der Waals surface area contributed by atoms with E-state index < -0.39 is 29.3 Å². The molecule has 4 atom stereocenters. The molecule has 1 spiro atoms. The Kier molecular flexibility index (Phi) is 4.79. The SMILES string of the molecule is COC(=O)c1c(N2C(=O)C3C4CCCN4C4(C(=O)Nc5c4ccc(Cl)c5C)C3C2=O)sc(C)c1C. The fourth-order valence-corrected chi connectivity index (χ4v) is 8.01. The Morgan fingerprint density at radius 1 is 1.17 bits per heavy atom. The summed E-state index contributed by atoms with van der Waals surface area (Å²) < 4.78 is 4.98. The predicted molar refractivity (Wildman–Crippen MR) is 131 cm³/mol. The van der Waals surface area contributed by atoms with Gasteiger partial charge in [0, 0.05) is 21.5 Å². The highest BCUT2D eigenvalue weighted by Crippen LogP contribution is 2.61. The van der Waals surface area contributed by atoms with Gasteiger partial charge >= 0.3 is 5.97 Å². The topological polar surface area (TPSA) is 96.0 Å². The summed E-state index contributed by atoms with van der Waals surface area (Å²) in [5.41, 5.74) is 1.67. The van der Waals surface area contributed by atoms with Crippen LogP contribution < -0.4 is 10.2 Å². The van der Waals surface area contributed by atoms with Crippen molar-refractivity contribution in [1.29, 1.82) is 0 Å². The number of nitrogens with zero attached hydrogens (tertiary/aromatic N) is 2. The van der Waals surface area contributed by atoms with Gasteiger partial charge in [0.1, 0.15) is 10.5 Å². The van der Waals surface area contributed by atoms with Crippen LogP contribution in [0.2, 0.25) is 5.02 Å². The van der Waals surface area contributed by atoms with E-state index in [1.165, 1.54) is 18.4 Å². The van der Waals surface area contributed by atoms with Crippen molar-refractivity contribution in [2.45, 2.75) is 45.2 Å². The van der Waals surface area contributed by atoms with Crippen LogP contribution in [0.4, 0.5) is 10.7 Å². The van der Waals surface area contributed by atoms with E-state index in [1.807, 2.05) is 13.8 Å². The van der Waals surface area contributed by atoms with Crippen molar-refractivity contribution in [2.24, 2.45) is 11.8 Å². The Bertz CT molecular complexity index is 1370. The first-order chi connectivity index (χ1) is 16.7. The highest BCUT2D eigenvalue weighted by atomic mass is 35.5. The molecule has 0 saturated carbocycles. The largest absolute Gasteiger partial charge is 0.465 e. The summed E-state index contributed by atoms with van der Waals surface area (Å²) in [6.45, 7) is 6.08. The Morgan fingerprint density at radius 3 is 2.63 bits per heavy atom. The fourth-order valence-electron chi connectivity index (χ4n) is 6.70. The van der Waals surface area contributed by atoms with Crippen LogP contribution in [0.1, 0.15) is 44.8 Å². The van der Waals surface area contributed by atoms with E-state index in [0.717, 1.165) is 28.2 Å². The minimum Gasteiger partial charge on any atom is -0.465 e. The Labute approximate surface area is 211 Å². The zero-order valence-electron chi connectivity index (χ0n) is 19.7. The van der Waals surface area contributed by atoms with Gasteiger partial charge in [0.25, 0.3) is 0 Å². The number of imide groups is 1. The van der Waals surface area contributed by atoms with E-state index in [4.69, 9.17) is 16.3 Å². The lowest BCUT2D eigenvalue weighted by Crippen LogP contribution is -2.54. The summed E-state index contributed by atoms with van der Waals surface area (Å²) in [5, 5.41) is 3.79. The van der Waals surface area contributed by atoms with Crippen LogP contribution in [0.15, 0.2) is 12.1 Å². The minimum atomic E-state index is -1.29. The van der Waals surface area contributed by atoms with E-state index in [0.29, 0.717) is 28.4 Å². The molecular formula is C25H24ClN3O5S. The number of carbonyl (C=O) groups is 4. The number of anilines is 2. The van der Waals surface area contributed by atoms with Gasteiger partial charge in [-0.15, -0.1) is 11.3 Å². The third-order valence-corrected chi connectivity index (χ3v) is 9.92. The molecule has 0 bridgehead atoms. The van der Waals surface area contributed by atoms with Gasteiger partial charge in [-0.05, 0) is 57.4 Å². The first-order valence-corrected chi connectivity index (χ1v) is 12.8. The van der Waals surface area contributed by atoms with Crippen molar-refractivity contribution in [1.82, 2.24) is 4.90 Å². The first kappa shape index (κ1) is 22.7. The maximum Gasteiger partial charge on any atom is 0.341 e. The average molecular weight is 514 g/mol. The molecule has 4 aliphatic heterocycles. The highest BCUT2D eigenvalue weighted by molar-refractivity contribution is 7.17. The molecule has 2 aromatic rings. The second-order valence-corrected chi connectivity index (χ2v) is 11.3. The molecule has 1 N–H and O–H groups in total. The highest BCUT2D eigenvalue weighted by Gasteiger charge is 2.75. The number of amides is 3. The molecule has 182 valence electrons. The number of rotatable bonds is 2. The molecular weight excluding hydrogens is 490 g/mol. The van der Waals surface area contributed by atoms with Crippen molar-refractivity contribution in [3.63, 3.8) is 0 Å². The van der Waals surface area contributed by atoms with Gasteiger partial charge in [-0.1, -0.05) is 17.7 Å². The number of nitrogens with one attached hydrogen (secondary N) is 1. The molecule has 3 amide bonds. The average Bonchev–Trinajstić information content (AvgIpc) is 3.58. The smallest absolute Gasteiger partial charge is 0.341 e. The molecule has 1 aromatic carbocycles. The number of carbonyl (C=O) groups excluding carboxylic acids is 4. The Hall–Kier alpha value is -2.75. The number of hydrogen-bond donors (Lipinski definition) is 1. The molecule has 10 heteroatoms. The number of hydrogen-bond acceptors (Lipinski definition) is 7. The maximum absolute atomic E-state index is 14.2. The van der Waals surface area contributed by atoms with Crippen molar-refractivity contribution in [2.75, 3.05) is 23.9 Å². The number of aryl methyl sites for hydroxylation is 1. The lowest BCUT2D eigenvalue weighted by molar-refractivity contribution is -0.135. The first-order valence-electron chi connectivity index (χ1n) is 11.6. The molecule has 3 fully saturated rings. The zero-order valence-corrected chi connectivity index (χ0v) is 21.3. The predicted octanol–water partition coefficient (Wildman–Crippen LogP) is 3.54. The van der Waals surface area contributed by atoms with Crippen LogP contribution in [0.5, 0.6) is 0 Å². The van der Waals surface area contributed by atoms with E-state index >= 15 is 0 Å². The number of benzene rings is 1. The summed E-state index contributed by atoms with van der Waals surface area (Å²) in [5.74, 6) is -3.26. The van der Waals surface area contributed by atoms with Crippen LogP contribution >= 0.6 is 22.9 Å². The number of esters is 1. The number of methoxy groups -OCH3 is 1. The second-order valence-electron chi connectivity index (χ2n) is 9.69. The van der Waals surface area contributed by atoms with Crippen LogP contribution in [0.25, 0.3) is 0 Å². The Morgan fingerprint density at radius 2 is 1.91 bits per heavy atom. The lowest BCUT2D eigenvalue weighted by atomic mass is 9.75. The van der Waals surface area contributed by atoms with E-state index in [2.05, 4.69) is 10.2 Å². The molecule has 3 saturated heterocycles. The molecule has 0 radical (unpaired) electrons. The lowest BCUT2D eigenvalue weighted by Gasteiger charge is -2.36. The number of thiophene rings is 1. The number of ether oxygens (including phenoxy) is 1. The van der Waals surface area contributed by atoms with Crippen molar-refractivity contribution in [3.8, 4) is 0 Å². The minimum absolute atomic E-state index is 0.230. The summed E-state index contributed by atoms with van der Waals surface area (Å²) >= 11 is 7.58. The van der Waals surface area contributed by atoms with E-state index in [-0.39, 0.29) is 28.4 Å². The van der Waals surface area contributed by atoms with Gasteiger partial charge in [-0.25, -0.2) is 9.69 Å². The van der Waals surface area contributed by atoms with Crippen LogP contribution in [-0.2, 0) is 24.7 Å². The van der Waals surface area contributed by atoms with Gasteiger partial charge in [0.05, 0.1) is 30.2 Å². The molecule has 35 heavy (non-hydrogen) atoms. The molecule has 4 aliphatic rings. The summed E-state index contributed by atoms with van der Waals surface area (Å²) in [6.07, 6.45) is 1.55. The Balaban J connectivity index is 1.57. The van der Waals surface area contributed by atoms with Crippen LogP contribution in [0, 0.1) is 32.6 Å². The standard InChI is InChI=1S/C25H24ClN3O5S/c1-10-12(3)35-22(16(10)23(32)34-4)29-20(30)17-15-6-5-9-28(15)25(18(17)21(29)31)13-7-8-14(26)11(2)19(13)27-24(25)33/h7-8,15,17-18H,5-6,9H2,1-4H3,(H,27,33). The number of halogens is 1.